The standard InChI is InChI=1S/C21H25N3O3/c1-15-6-5-7-16(2)20(15)27-14-19(25)24-12-9-17(10-13-24)21(26)23-18-8-3-4-11-22-18/h3-8,11,17H,9-10,12-14H2,1-2H3,(H,22,23,26). The van der Waals surface area contributed by atoms with E-state index >= 15 is 0 Å². The Hall–Kier alpha value is -2.89. The van der Waals surface area contributed by atoms with Gasteiger partial charge in [-0.15, -0.1) is 0 Å². The van der Waals surface area contributed by atoms with Crippen molar-refractivity contribution in [2.45, 2.75) is 26.7 Å². The first-order chi connectivity index (χ1) is 13.0. The largest absolute Gasteiger partial charge is 0.483 e. The molecule has 1 saturated heterocycles. The van der Waals surface area contributed by atoms with Crippen molar-refractivity contribution in [3.63, 3.8) is 0 Å². The number of benzene rings is 1. The van der Waals surface area contributed by atoms with Crippen LogP contribution in [0.4, 0.5) is 5.82 Å². The van der Waals surface area contributed by atoms with Gasteiger partial charge in [-0.2, -0.15) is 0 Å². The first kappa shape index (κ1) is 18.9. The summed E-state index contributed by atoms with van der Waals surface area (Å²) in [5, 5.41) is 2.84. The van der Waals surface area contributed by atoms with Crippen molar-refractivity contribution in [1.29, 1.82) is 0 Å². The van der Waals surface area contributed by atoms with Crippen LogP contribution in [0.1, 0.15) is 24.0 Å². The highest BCUT2D eigenvalue weighted by atomic mass is 16.5. The number of carbonyl (C=O) groups excluding carboxylic acids is 2. The number of aromatic nitrogens is 1. The molecule has 1 N–H and O–H groups in total. The van der Waals surface area contributed by atoms with Crippen LogP contribution < -0.4 is 10.1 Å². The van der Waals surface area contributed by atoms with Crippen molar-refractivity contribution in [3.8, 4) is 5.75 Å². The molecule has 1 aliphatic rings. The number of anilines is 1. The molecular formula is C21H25N3O3. The average Bonchev–Trinajstić information content (AvgIpc) is 2.68. The van der Waals surface area contributed by atoms with Gasteiger partial charge >= 0.3 is 0 Å². The molecule has 2 aromatic rings. The monoisotopic (exact) mass is 367 g/mol. The van der Waals surface area contributed by atoms with Crippen molar-refractivity contribution >= 4 is 17.6 Å². The number of likely N-dealkylation sites (tertiary alicyclic amines) is 1. The molecule has 2 amide bonds. The molecule has 1 fully saturated rings. The number of ether oxygens (including phenoxy) is 1. The Morgan fingerprint density at radius 2 is 1.81 bits per heavy atom. The fraction of sp³-hybridized carbons (Fsp3) is 0.381. The number of carbonyl (C=O) groups is 2. The van der Waals surface area contributed by atoms with Crippen LogP contribution >= 0.6 is 0 Å². The number of para-hydroxylation sites is 1. The fourth-order valence-electron chi connectivity index (χ4n) is 3.31. The molecule has 0 atom stereocenters. The second-order valence-corrected chi connectivity index (χ2v) is 6.87. The Morgan fingerprint density at radius 3 is 2.44 bits per heavy atom. The Balaban J connectivity index is 1.47. The molecular weight excluding hydrogens is 342 g/mol. The lowest BCUT2D eigenvalue weighted by Crippen LogP contribution is -2.43. The smallest absolute Gasteiger partial charge is 0.260 e. The van der Waals surface area contributed by atoms with Crippen molar-refractivity contribution < 1.29 is 14.3 Å². The van der Waals surface area contributed by atoms with E-state index in [1.807, 2.05) is 38.1 Å². The van der Waals surface area contributed by atoms with Gasteiger partial charge in [-0.05, 0) is 49.9 Å². The second-order valence-electron chi connectivity index (χ2n) is 6.87. The van der Waals surface area contributed by atoms with Crippen LogP contribution in [0.15, 0.2) is 42.6 Å². The minimum Gasteiger partial charge on any atom is -0.483 e. The number of aryl methyl sites for hydroxylation is 2. The molecule has 142 valence electrons. The number of piperidine rings is 1. The predicted octanol–water partition coefficient (Wildman–Crippen LogP) is 2.95. The Morgan fingerprint density at radius 1 is 1.11 bits per heavy atom. The van der Waals surface area contributed by atoms with E-state index in [1.165, 1.54) is 0 Å². The molecule has 0 bridgehead atoms. The van der Waals surface area contributed by atoms with Gasteiger partial charge in [0.15, 0.2) is 6.61 Å². The third kappa shape index (κ3) is 4.84. The van der Waals surface area contributed by atoms with Crippen LogP contribution in [-0.4, -0.2) is 41.4 Å². The first-order valence-electron chi connectivity index (χ1n) is 9.23. The highest BCUT2D eigenvalue weighted by Gasteiger charge is 2.27. The summed E-state index contributed by atoms with van der Waals surface area (Å²) in [6, 6.07) is 11.3. The Bertz CT molecular complexity index is 779. The third-order valence-electron chi connectivity index (χ3n) is 4.88. The summed E-state index contributed by atoms with van der Waals surface area (Å²) in [4.78, 5) is 30.7. The van der Waals surface area contributed by atoms with Gasteiger partial charge in [0.05, 0.1) is 0 Å². The number of hydrogen-bond donors (Lipinski definition) is 1. The van der Waals surface area contributed by atoms with Crippen LogP contribution in [0.25, 0.3) is 0 Å². The number of hydrogen-bond acceptors (Lipinski definition) is 4. The summed E-state index contributed by atoms with van der Waals surface area (Å²) in [5.74, 6) is 1.16. The van der Waals surface area contributed by atoms with Gasteiger partial charge in [-0.25, -0.2) is 4.98 Å². The van der Waals surface area contributed by atoms with Crippen molar-refractivity contribution in [3.05, 3.63) is 53.7 Å². The van der Waals surface area contributed by atoms with E-state index in [0.717, 1.165) is 16.9 Å². The average molecular weight is 367 g/mol. The summed E-state index contributed by atoms with van der Waals surface area (Å²) in [5.41, 5.74) is 2.04. The number of rotatable bonds is 5. The molecule has 0 radical (unpaired) electrons. The molecule has 2 heterocycles. The van der Waals surface area contributed by atoms with E-state index in [2.05, 4.69) is 10.3 Å². The molecule has 1 aromatic heterocycles. The van der Waals surface area contributed by atoms with Crippen LogP contribution in [0.5, 0.6) is 5.75 Å². The second kappa shape index (κ2) is 8.66. The van der Waals surface area contributed by atoms with Gasteiger partial charge in [-0.3, -0.25) is 9.59 Å². The first-order valence-corrected chi connectivity index (χ1v) is 9.23. The van der Waals surface area contributed by atoms with Crippen LogP contribution in [0.2, 0.25) is 0 Å². The van der Waals surface area contributed by atoms with Gasteiger partial charge in [0.1, 0.15) is 11.6 Å². The SMILES string of the molecule is Cc1cccc(C)c1OCC(=O)N1CCC(C(=O)Nc2ccccn2)CC1. The predicted molar refractivity (Wildman–Crippen MR) is 104 cm³/mol. The minimum absolute atomic E-state index is 0.0243. The van der Waals surface area contributed by atoms with Crippen molar-refractivity contribution in [2.24, 2.45) is 5.92 Å². The van der Waals surface area contributed by atoms with E-state index in [0.29, 0.717) is 31.7 Å². The third-order valence-corrected chi connectivity index (χ3v) is 4.88. The maximum Gasteiger partial charge on any atom is 0.260 e. The van der Waals surface area contributed by atoms with Crippen LogP contribution in [-0.2, 0) is 9.59 Å². The number of nitrogens with zero attached hydrogens (tertiary/aromatic N) is 2. The van der Waals surface area contributed by atoms with E-state index < -0.39 is 0 Å². The fourth-order valence-corrected chi connectivity index (χ4v) is 3.31. The summed E-state index contributed by atoms with van der Waals surface area (Å²) >= 11 is 0. The Labute approximate surface area is 159 Å². The maximum absolute atomic E-state index is 12.5. The minimum atomic E-state index is -0.101. The maximum atomic E-state index is 12.5. The van der Waals surface area contributed by atoms with E-state index in [9.17, 15) is 9.59 Å². The topological polar surface area (TPSA) is 71.5 Å². The van der Waals surface area contributed by atoms with E-state index in [1.54, 1.807) is 23.2 Å². The zero-order valence-electron chi connectivity index (χ0n) is 15.8. The highest BCUT2D eigenvalue weighted by Crippen LogP contribution is 2.23. The number of nitrogens with one attached hydrogen (secondary N) is 1. The summed E-state index contributed by atoms with van der Waals surface area (Å²) in [7, 11) is 0. The molecule has 0 aliphatic carbocycles. The quantitative estimate of drug-likeness (QED) is 0.882. The van der Waals surface area contributed by atoms with Gasteiger partial charge in [0.2, 0.25) is 5.91 Å². The zero-order valence-corrected chi connectivity index (χ0v) is 15.8. The molecule has 1 aliphatic heterocycles. The van der Waals surface area contributed by atoms with Gasteiger partial charge in [0, 0.05) is 25.2 Å². The molecule has 0 spiro atoms. The molecule has 0 saturated carbocycles. The van der Waals surface area contributed by atoms with Gasteiger partial charge < -0.3 is 15.0 Å². The van der Waals surface area contributed by atoms with E-state index in [-0.39, 0.29) is 24.3 Å². The molecule has 0 unspecified atom stereocenters. The lowest BCUT2D eigenvalue weighted by molar-refractivity contribution is -0.136. The Kier molecular flexibility index (Phi) is 6.06. The van der Waals surface area contributed by atoms with Crippen molar-refractivity contribution in [2.75, 3.05) is 25.0 Å². The summed E-state index contributed by atoms with van der Waals surface area (Å²) in [6.45, 7) is 5.10. The highest BCUT2D eigenvalue weighted by molar-refractivity contribution is 5.91. The molecule has 6 heteroatoms. The molecule has 6 nitrogen and oxygen atoms in total. The lowest BCUT2D eigenvalue weighted by atomic mass is 9.96. The molecule has 3 rings (SSSR count). The zero-order chi connectivity index (χ0) is 19.2. The normalized spacial score (nSPS) is 14.7. The molecule has 1 aromatic carbocycles. The molecule has 27 heavy (non-hydrogen) atoms. The van der Waals surface area contributed by atoms with Crippen LogP contribution in [0.3, 0.4) is 0 Å². The lowest BCUT2D eigenvalue weighted by Gasteiger charge is -2.31. The van der Waals surface area contributed by atoms with Gasteiger partial charge in [-0.1, -0.05) is 24.3 Å². The number of pyridine rings is 1. The summed E-state index contributed by atoms with van der Waals surface area (Å²) in [6.07, 6.45) is 2.94. The summed E-state index contributed by atoms with van der Waals surface area (Å²) < 4.78 is 5.76. The van der Waals surface area contributed by atoms with Crippen molar-refractivity contribution in [1.82, 2.24) is 9.88 Å². The van der Waals surface area contributed by atoms with Gasteiger partial charge in [0.25, 0.3) is 5.91 Å². The van der Waals surface area contributed by atoms with E-state index in [4.69, 9.17) is 4.74 Å². The number of amides is 2. The van der Waals surface area contributed by atoms with Crippen LogP contribution in [0, 0.1) is 19.8 Å².